The molecule has 6 nitrogen and oxygen atoms in total. The third kappa shape index (κ3) is 6.53. The van der Waals surface area contributed by atoms with Gasteiger partial charge in [-0.15, -0.1) is 11.8 Å². The number of benzene rings is 1. The Labute approximate surface area is 195 Å². The van der Waals surface area contributed by atoms with E-state index in [4.69, 9.17) is 0 Å². The van der Waals surface area contributed by atoms with E-state index in [9.17, 15) is 4.79 Å². The molecule has 31 heavy (non-hydrogen) atoms. The number of hydrogen-bond acceptors (Lipinski definition) is 6. The maximum absolute atomic E-state index is 12.6. The first-order chi connectivity index (χ1) is 15.2. The number of carbonyl (C=O) groups excluding carboxylic acids is 1. The van der Waals surface area contributed by atoms with Gasteiger partial charge < -0.3 is 10.2 Å². The van der Waals surface area contributed by atoms with Crippen molar-refractivity contribution in [2.24, 2.45) is 0 Å². The second kappa shape index (κ2) is 10.7. The van der Waals surface area contributed by atoms with E-state index in [0.717, 1.165) is 58.5 Å². The fraction of sp³-hybridized carbons (Fsp3) is 0.261. The molecule has 160 valence electrons. The number of nitrogens with zero attached hydrogens (tertiary/aromatic N) is 4. The molecular formula is C23H24BrN5OS. The highest BCUT2D eigenvalue weighted by Gasteiger charge is 2.20. The SMILES string of the molecule is O=C(CN1CCN(c2ccc(Br)cn2)CC1)Nc1cccc(CSc2ccccn2)c1. The molecule has 1 N–H and O–H groups in total. The summed E-state index contributed by atoms with van der Waals surface area (Å²) in [4.78, 5) is 25.8. The maximum atomic E-state index is 12.6. The predicted molar refractivity (Wildman–Crippen MR) is 129 cm³/mol. The van der Waals surface area contributed by atoms with Gasteiger partial charge in [-0.3, -0.25) is 9.69 Å². The molecule has 3 aromatic rings. The number of piperazine rings is 1. The van der Waals surface area contributed by atoms with Crippen molar-refractivity contribution < 1.29 is 4.79 Å². The van der Waals surface area contributed by atoms with E-state index in [1.807, 2.05) is 54.7 Å². The third-order valence-electron chi connectivity index (χ3n) is 5.01. The first kappa shape index (κ1) is 21.8. The molecule has 0 bridgehead atoms. The zero-order chi connectivity index (χ0) is 21.5. The molecule has 0 spiro atoms. The van der Waals surface area contributed by atoms with Crippen molar-refractivity contribution in [2.45, 2.75) is 10.8 Å². The lowest BCUT2D eigenvalue weighted by Crippen LogP contribution is -2.48. The van der Waals surface area contributed by atoms with Crippen LogP contribution in [0.1, 0.15) is 5.56 Å². The van der Waals surface area contributed by atoms with E-state index in [0.29, 0.717) is 6.54 Å². The Kier molecular flexibility index (Phi) is 7.56. The first-order valence-corrected chi connectivity index (χ1v) is 11.9. The zero-order valence-electron chi connectivity index (χ0n) is 17.1. The van der Waals surface area contributed by atoms with Gasteiger partial charge >= 0.3 is 0 Å². The topological polar surface area (TPSA) is 61.4 Å². The quantitative estimate of drug-likeness (QED) is 0.491. The second-order valence-corrected chi connectivity index (χ2v) is 9.21. The van der Waals surface area contributed by atoms with Crippen molar-refractivity contribution in [3.63, 3.8) is 0 Å². The van der Waals surface area contributed by atoms with Crippen molar-refractivity contribution in [1.29, 1.82) is 0 Å². The van der Waals surface area contributed by atoms with Crippen molar-refractivity contribution >= 4 is 45.1 Å². The number of aromatic nitrogens is 2. The smallest absolute Gasteiger partial charge is 0.238 e. The lowest BCUT2D eigenvalue weighted by molar-refractivity contribution is -0.117. The van der Waals surface area contributed by atoms with Crippen LogP contribution in [0, 0.1) is 0 Å². The summed E-state index contributed by atoms with van der Waals surface area (Å²) in [6, 6.07) is 17.9. The Morgan fingerprint density at radius 2 is 1.90 bits per heavy atom. The van der Waals surface area contributed by atoms with Crippen LogP contribution < -0.4 is 10.2 Å². The van der Waals surface area contributed by atoms with E-state index < -0.39 is 0 Å². The lowest BCUT2D eigenvalue weighted by atomic mass is 10.2. The van der Waals surface area contributed by atoms with Gasteiger partial charge in [0.05, 0.1) is 11.6 Å². The molecule has 1 aromatic carbocycles. The van der Waals surface area contributed by atoms with Gasteiger partial charge in [-0.25, -0.2) is 9.97 Å². The van der Waals surface area contributed by atoms with Crippen LogP contribution in [0.2, 0.25) is 0 Å². The Balaban J connectivity index is 1.24. The molecule has 0 unspecified atom stereocenters. The highest BCUT2D eigenvalue weighted by Crippen LogP contribution is 2.22. The fourth-order valence-corrected chi connectivity index (χ4v) is 4.46. The van der Waals surface area contributed by atoms with Crippen LogP contribution in [0.3, 0.4) is 0 Å². The van der Waals surface area contributed by atoms with Crippen LogP contribution in [0.5, 0.6) is 0 Å². The summed E-state index contributed by atoms with van der Waals surface area (Å²) in [5.41, 5.74) is 1.99. The summed E-state index contributed by atoms with van der Waals surface area (Å²) in [7, 11) is 0. The van der Waals surface area contributed by atoms with Crippen LogP contribution in [-0.2, 0) is 10.5 Å². The van der Waals surface area contributed by atoms with E-state index in [1.54, 1.807) is 18.0 Å². The molecule has 1 fully saturated rings. The monoisotopic (exact) mass is 497 g/mol. The zero-order valence-corrected chi connectivity index (χ0v) is 19.5. The fourth-order valence-electron chi connectivity index (χ4n) is 3.42. The predicted octanol–water partition coefficient (Wildman–Crippen LogP) is 4.29. The number of halogens is 1. The summed E-state index contributed by atoms with van der Waals surface area (Å²) >= 11 is 5.10. The molecule has 1 aliphatic rings. The van der Waals surface area contributed by atoms with E-state index in [1.165, 1.54) is 0 Å². The summed E-state index contributed by atoms with van der Waals surface area (Å²) in [5.74, 6) is 1.81. The van der Waals surface area contributed by atoms with Gasteiger partial charge in [0.25, 0.3) is 0 Å². The van der Waals surface area contributed by atoms with Gasteiger partial charge in [-0.05, 0) is 57.9 Å². The molecule has 0 atom stereocenters. The second-order valence-electron chi connectivity index (χ2n) is 7.30. The normalized spacial score (nSPS) is 14.4. The van der Waals surface area contributed by atoms with Crippen LogP contribution in [0.25, 0.3) is 0 Å². The van der Waals surface area contributed by atoms with Gasteiger partial charge in [0.2, 0.25) is 5.91 Å². The van der Waals surface area contributed by atoms with Gasteiger partial charge in [-0.1, -0.05) is 18.2 Å². The molecular weight excluding hydrogens is 474 g/mol. The largest absolute Gasteiger partial charge is 0.354 e. The molecule has 4 rings (SSSR count). The maximum Gasteiger partial charge on any atom is 0.238 e. The van der Waals surface area contributed by atoms with Crippen LogP contribution in [0.4, 0.5) is 11.5 Å². The number of rotatable bonds is 7. The lowest BCUT2D eigenvalue weighted by Gasteiger charge is -2.35. The van der Waals surface area contributed by atoms with Gasteiger partial charge in [0.1, 0.15) is 5.82 Å². The molecule has 0 saturated carbocycles. The highest BCUT2D eigenvalue weighted by atomic mass is 79.9. The number of anilines is 2. The molecule has 0 radical (unpaired) electrons. The Morgan fingerprint density at radius 3 is 2.65 bits per heavy atom. The van der Waals surface area contributed by atoms with Gasteiger partial charge in [-0.2, -0.15) is 0 Å². The van der Waals surface area contributed by atoms with E-state index >= 15 is 0 Å². The molecule has 1 aliphatic heterocycles. The Bertz CT molecular complexity index is 994. The average Bonchev–Trinajstić information content (AvgIpc) is 2.80. The van der Waals surface area contributed by atoms with Gasteiger partial charge in [0.15, 0.2) is 0 Å². The molecule has 2 aromatic heterocycles. The van der Waals surface area contributed by atoms with Gasteiger partial charge in [0, 0.05) is 54.5 Å². The van der Waals surface area contributed by atoms with Crippen LogP contribution in [-0.4, -0.2) is 53.5 Å². The summed E-state index contributed by atoms with van der Waals surface area (Å²) in [6.45, 7) is 3.80. The third-order valence-corrected chi connectivity index (χ3v) is 6.49. The molecule has 0 aliphatic carbocycles. The Morgan fingerprint density at radius 1 is 1.03 bits per heavy atom. The minimum Gasteiger partial charge on any atom is -0.354 e. The highest BCUT2D eigenvalue weighted by molar-refractivity contribution is 9.10. The van der Waals surface area contributed by atoms with E-state index in [2.05, 4.69) is 47.1 Å². The van der Waals surface area contributed by atoms with Crippen LogP contribution in [0.15, 0.2) is 76.5 Å². The average molecular weight is 498 g/mol. The summed E-state index contributed by atoms with van der Waals surface area (Å²) in [6.07, 6.45) is 3.62. The number of pyridine rings is 2. The van der Waals surface area contributed by atoms with Crippen molar-refractivity contribution in [1.82, 2.24) is 14.9 Å². The standard InChI is InChI=1S/C23H24BrN5OS/c24-19-7-8-21(26-15-19)29-12-10-28(11-13-29)16-22(30)27-20-5-3-4-18(14-20)17-31-23-6-1-2-9-25-23/h1-9,14-15H,10-13,16-17H2,(H,27,30). The minimum atomic E-state index is 0.0183. The van der Waals surface area contributed by atoms with E-state index in [-0.39, 0.29) is 5.91 Å². The number of amides is 1. The van der Waals surface area contributed by atoms with Crippen LogP contribution >= 0.6 is 27.7 Å². The number of nitrogens with one attached hydrogen (secondary N) is 1. The summed E-state index contributed by atoms with van der Waals surface area (Å²) < 4.78 is 0.978. The number of thioether (sulfide) groups is 1. The molecule has 1 amide bonds. The van der Waals surface area contributed by atoms with Crippen molar-refractivity contribution in [3.8, 4) is 0 Å². The number of hydrogen-bond donors (Lipinski definition) is 1. The molecule has 3 heterocycles. The van der Waals surface area contributed by atoms with Crippen molar-refractivity contribution in [3.05, 3.63) is 77.0 Å². The summed E-state index contributed by atoms with van der Waals surface area (Å²) in [5, 5.41) is 4.04. The van der Waals surface area contributed by atoms with Crippen molar-refractivity contribution in [2.75, 3.05) is 42.9 Å². The molecule has 1 saturated heterocycles. The Hall–Kier alpha value is -2.42. The first-order valence-electron chi connectivity index (χ1n) is 10.2. The minimum absolute atomic E-state index is 0.0183. The molecule has 8 heteroatoms. The number of carbonyl (C=O) groups is 1.